The summed E-state index contributed by atoms with van der Waals surface area (Å²) in [5.41, 5.74) is 8.61. The van der Waals surface area contributed by atoms with Gasteiger partial charge in [0.1, 0.15) is 5.75 Å². The molecular formula is C14H21NO2. The first-order chi connectivity index (χ1) is 8.18. The van der Waals surface area contributed by atoms with Crippen LogP contribution in [-0.4, -0.2) is 14.2 Å². The zero-order valence-corrected chi connectivity index (χ0v) is 10.7. The van der Waals surface area contributed by atoms with Crippen LogP contribution in [0.25, 0.3) is 0 Å². The van der Waals surface area contributed by atoms with E-state index in [1.807, 2.05) is 6.07 Å². The fourth-order valence-electron chi connectivity index (χ4n) is 2.61. The molecule has 1 fully saturated rings. The second-order valence-corrected chi connectivity index (χ2v) is 4.87. The van der Waals surface area contributed by atoms with E-state index in [-0.39, 0.29) is 5.54 Å². The standard InChI is InChI=1S/C14H21NO2/c1-16-10-11-7-12(9-13(8-11)17-2)14(15)5-3-4-6-14/h7-9H,3-6,10,15H2,1-2H3. The van der Waals surface area contributed by atoms with Crippen LogP contribution < -0.4 is 10.5 Å². The summed E-state index contributed by atoms with van der Waals surface area (Å²) in [5.74, 6) is 0.867. The van der Waals surface area contributed by atoms with Gasteiger partial charge in [-0.15, -0.1) is 0 Å². The van der Waals surface area contributed by atoms with E-state index in [1.54, 1.807) is 14.2 Å². The predicted octanol–water partition coefficient (Wildman–Crippen LogP) is 2.57. The maximum atomic E-state index is 6.47. The number of ether oxygens (including phenoxy) is 2. The predicted molar refractivity (Wildman–Crippen MR) is 68.0 cm³/mol. The minimum atomic E-state index is -0.170. The van der Waals surface area contributed by atoms with Gasteiger partial charge in [0.05, 0.1) is 13.7 Å². The Hall–Kier alpha value is -1.06. The molecule has 17 heavy (non-hydrogen) atoms. The number of hydrogen-bond donors (Lipinski definition) is 1. The smallest absolute Gasteiger partial charge is 0.119 e. The Balaban J connectivity index is 2.35. The average molecular weight is 235 g/mol. The van der Waals surface area contributed by atoms with Gasteiger partial charge in [-0.3, -0.25) is 0 Å². The molecule has 0 amide bonds. The Labute approximate surface area is 103 Å². The first kappa shape index (κ1) is 12.4. The van der Waals surface area contributed by atoms with Gasteiger partial charge in [-0.2, -0.15) is 0 Å². The lowest BCUT2D eigenvalue weighted by atomic mass is 9.88. The second-order valence-electron chi connectivity index (χ2n) is 4.87. The minimum absolute atomic E-state index is 0.170. The zero-order valence-electron chi connectivity index (χ0n) is 10.7. The molecule has 2 N–H and O–H groups in total. The van der Waals surface area contributed by atoms with Crippen LogP contribution in [0.3, 0.4) is 0 Å². The highest BCUT2D eigenvalue weighted by Crippen LogP contribution is 2.38. The van der Waals surface area contributed by atoms with Crippen LogP contribution in [0.2, 0.25) is 0 Å². The van der Waals surface area contributed by atoms with Gasteiger partial charge in [0.25, 0.3) is 0 Å². The molecule has 1 aliphatic rings. The van der Waals surface area contributed by atoms with Gasteiger partial charge in [0.2, 0.25) is 0 Å². The summed E-state index contributed by atoms with van der Waals surface area (Å²) in [6.07, 6.45) is 4.56. The van der Waals surface area contributed by atoms with Crippen molar-refractivity contribution in [3.63, 3.8) is 0 Å². The van der Waals surface area contributed by atoms with E-state index in [2.05, 4.69) is 12.1 Å². The molecule has 0 bridgehead atoms. The van der Waals surface area contributed by atoms with Crippen molar-refractivity contribution >= 4 is 0 Å². The normalized spacial score (nSPS) is 18.3. The molecule has 2 rings (SSSR count). The molecule has 94 valence electrons. The topological polar surface area (TPSA) is 44.5 Å². The largest absolute Gasteiger partial charge is 0.497 e. The fourth-order valence-corrected chi connectivity index (χ4v) is 2.61. The van der Waals surface area contributed by atoms with Crippen molar-refractivity contribution in [3.05, 3.63) is 29.3 Å². The van der Waals surface area contributed by atoms with E-state index in [0.29, 0.717) is 6.61 Å². The van der Waals surface area contributed by atoms with Crippen molar-refractivity contribution in [2.75, 3.05) is 14.2 Å². The fraction of sp³-hybridized carbons (Fsp3) is 0.571. The monoisotopic (exact) mass is 235 g/mol. The quantitative estimate of drug-likeness (QED) is 0.872. The summed E-state index contributed by atoms with van der Waals surface area (Å²) < 4.78 is 10.5. The van der Waals surface area contributed by atoms with Crippen LogP contribution in [0, 0.1) is 0 Å². The van der Waals surface area contributed by atoms with E-state index < -0.39 is 0 Å². The van der Waals surface area contributed by atoms with E-state index >= 15 is 0 Å². The van der Waals surface area contributed by atoms with Crippen molar-refractivity contribution in [3.8, 4) is 5.75 Å². The van der Waals surface area contributed by atoms with E-state index in [1.165, 1.54) is 18.4 Å². The summed E-state index contributed by atoms with van der Waals surface area (Å²) >= 11 is 0. The van der Waals surface area contributed by atoms with Crippen molar-refractivity contribution in [2.24, 2.45) is 5.73 Å². The van der Waals surface area contributed by atoms with Gasteiger partial charge in [-0.25, -0.2) is 0 Å². The molecule has 0 radical (unpaired) electrons. The summed E-state index contributed by atoms with van der Waals surface area (Å²) in [7, 11) is 3.39. The second kappa shape index (κ2) is 5.07. The third kappa shape index (κ3) is 2.61. The van der Waals surface area contributed by atoms with Gasteiger partial charge >= 0.3 is 0 Å². The highest BCUT2D eigenvalue weighted by Gasteiger charge is 2.31. The van der Waals surface area contributed by atoms with Crippen LogP contribution in [0.15, 0.2) is 18.2 Å². The van der Waals surface area contributed by atoms with Crippen molar-refractivity contribution in [2.45, 2.75) is 37.8 Å². The first-order valence-corrected chi connectivity index (χ1v) is 6.14. The molecule has 1 saturated carbocycles. The first-order valence-electron chi connectivity index (χ1n) is 6.14. The Morgan fingerprint density at radius 1 is 1.18 bits per heavy atom. The summed E-state index contributed by atoms with van der Waals surface area (Å²) in [6.45, 7) is 0.598. The molecule has 0 unspecified atom stereocenters. The van der Waals surface area contributed by atoms with Crippen molar-refractivity contribution in [1.82, 2.24) is 0 Å². The van der Waals surface area contributed by atoms with Gasteiger partial charge in [-0.1, -0.05) is 18.9 Å². The van der Waals surface area contributed by atoms with Crippen LogP contribution >= 0.6 is 0 Å². The Bertz CT molecular complexity index is 384. The summed E-state index contributed by atoms with van der Waals surface area (Å²) in [5, 5.41) is 0. The molecule has 0 aromatic heterocycles. The Morgan fingerprint density at radius 2 is 1.88 bits per heavy atom. The third-order valence-corrected chi connectivity index (χ3v) is 3.58. The molecule has 1 aliphatic carbocycles. The van der Waals surface area contributed by atoms with Crippen molar-refractivity contribution in [1.29, 1.82) is 0 Å². The molecule has 1 aromatic rings. The van der Waals surface area contributed by atoms with Gasteiger partial charge in [0, 0.05) is 12.6 Å². The maximum Gasteiger partial charge on any atom is 0.119 e. The molecule has 0 heterocycles. The summed E-state index contributed by atoms with van der Waals surface area (Å²) in [4.78, 5) is 0. The van der Waals surface area contributed by atoms with Gasteiger partial charge in [0.15, 0.2) is 0 Å². The molecule has 1 aromatic carbocycles. The van der Waals surface area contributed by atoms with Gasteiger partial charge in [-0.05, 0) is 36.1 Å². The number of benzene rings is 1. The molecule has 3 nitrogen and oxygen atoms in total. The molecule has 0 saturated heterocycles. The lowest BCUT2D eigenvalue weighted by Crippen LogP contribution is -2.33. The Morgan fingerprint density at radius 3 is 2.47 bits per heavy atom. The van der Waals surface area contributed by atoms with Crippen LogP contribution in [0.5, 0.6) is 5.75 Å². The summed E-state index contributed by atoms with van der Waals surface area (Å²) in [6, 6.07) is 6.22. The SMILES string of the molecule is COCc1cc(OC)cc(C2(N)CCCC2)c1. The lowest BCUT2D eigenvalue weighted by molar-refractivity contribution is 0.184. The molecule has 3 heteroatoms. The van der Waals surface area contributed by atoms with Crippen molar-refractivity contribution < 1.29 is 9.47 Å². The van der Waals surface area contributed by atoms with Gasteiger partial charge < -0.3 is 15.2 Å². The third-order valence-electron chi connectivity index (χ3n) is 3.58. The zero-order chi connectivity index (χ0) is 12.3. The Kier molecular flexibility index (Phi) is 3.69. The number of nitrogens with two attached hydrogens (primary N) is 1. The molecular weight excluding hydrogens is 214 g/mol. The number of methoxy groups -OCH3 is 2. The van der Waals surface area contributed by atoms with Crippen LogP contribution in [0.4, 0.5) is 0 Å². The number of rotatable bonds is 4. The van der Waals surface area contributed by atoms with E-state index in [9.17, 15) is 0 Å². The highest BCUT2D eigenvalue weighted by molar-refractivity contribution is 5.38. The maximum absolute atomic E-state index is 6.47. The number of hydrogen-bond acceptors (Lipinski definition) is 3. The average Bonchev–Trinajstić information content (AvgIpc) is 2.77. The van der Waals surface area contributed by atoms with Crippen LogP contribution in [0.1, 0.15) is 36.8 Å². The van der Waals surface area contributed by atoms with E-state index in [0.717, 1.165) is 24.2 Å². The van der Waals surface area contributed by atoms with Crippen LogP contribution in [-0.2, 0) is 16.9 Å². The lowest BCUT2D eigenvalue weighted by Gasteiger charge is -2.25. The highest BCUT2D eigenvalue weighted by atomic mass is 16.5. The molecule has 0 atom stereocenters. The minimum Gasteiger partial charge on any atom is -0.497 e. The molecule has 0 aliphatic heterocycles. The van der Waals surface area contributed by atoms with E-state index in [4.69, 9.17) is 15.2 Å². The molecule has 0 spiro atoms.